The third kappa shape index (κ3) is 4.29. The number of nitrogens with one attached hydrogen (secondary N) is 1. The van der Waals surface area contributed by atoms with E-state index in [9.17, 15) is 14.7 Å². The molecule has 1 unspecified atom stereocenters. The molecule has 5 heteroatoms. The Kier molecular flexibility index (Phi) is 5.71. The molecule has 1 aromatic heterocycles. The maximum atomic E-state index is 12.9. The predicted octanol–water partition coefficient (Wildman–Crippen LogP) is 2.10. The molecule has 0 radical (unpaired) electrons. The van der Waals surface area contributed by atoms with E-state index >= 15 is 0 Å². The van der Waals surface area contributed by atoms with Gasteiger partial charge in [-0.15, -0.1) is 0 Å². The van der Waals surface area contributed by atoms with E-state index < -0.39 is 0 Å². The molecular formula is C18H22N2O3. The van der Waals surface area contributed by atoms with Crippen molar-refractivity contribution < 1.29 is 9.90 Å². The Morgan fingerprint density at radius 1 is 1.22 bits per heavy atom. The molecule has 5 nitrogen and oxygen atoms in total. The lowest BCUT2D eigenvalue weighted by atomic mass is 10.1. The fourth-order valence-electron chi connectivity index (χ4n) is 2.51. The monoisotopic (exact) mass is 314 g/mol. The molecule has 1 amide bonds. The summed E-state index contributed by atoms with van der Waals surface area (Å²) in [4.78, 5) is 28.7. The number of rotatable bonds is 6. The number of H-pyrrole nitrogens is 1. The highest BCUT2D eigenvalue weighted by Gasteiger charge is 2.23. The van der Waals surface area contributed by atoms with Gasteiger partial charge in [0.25, 0.3) is 5.91 Å². The third-order valence-corrected chi connectivity index (χ3v) is 3.88. The van der Waals surface area contributed by atoms with Gasteiger partial charge in [-0.1, -0.05) is 30.3 Å². The molecule has 0 aliphatic heterocycles. The molecule has 0 aliphatic rings. The first-order valence-corrected chi connectivity index (χ1v) is 7.68. The zero-order valence-electron chi connectivity index (χ0n) is 13.5. The highest BCUT2D eigenvalue weighted by Crippen LogP contribution is 2.16. The van der Waals surface area contributed by atoms with Crippen molar-refractivity contribution in [3.05, 3.63) is 69.6 Å². The number of pyridine rings is 1. The summed E-state index contributed by atoms with van der Waals surface area (Å²) in [6.07, 6.45) is 0.501. The smallest absolute Gasteiger partial charge is 0.256 e. The first-order valence-electron chi connectivity index (χ1n) is 7.68. The standard InChI is InChI=1S/C18H22N2O3/c1-13(10-11-21)20(12-15-6-4-3-5-7-15)18(23)16-8-9-17(22)19-14(16)2/h3-9,13,21H,10-12H2,1-2H3,(H,19,22). The second-order valence-corrected chi connectivity index (χ2v) is 5.64. The molecule has 1 heterocycles. The molecule has 0 fully saturated rings. The van der Waals surface area contributed by atoms with E-state index in [1.807, 2.05) is 37.3 Å². The molecule has 0 saturated heterocycles. The lowest BCUT2D eigenvalue weighted by Gasteiger charge is -2.29. The van der Waals surface area contributed by atoms with Crippen molar-refractivity contribution in [2.75, 3.05) is 6.61 Å². The van der Waals surface area contributed by atoms with Gasteiger partial charge in [0, 0.05) is 31.0 Å². The summed E-state index contributed by atoms with van der Waals surface area (Å²) in [7, 11) is 0. The van der Waals surface area contributed by atoms with Crippen molar-refractivity contribution in [1.82, 2.24) is 9.88 Å². The van der Waals surface area contributed by atoms with E-state index in [-0.39, 0.29) is 24.1 Å². The summed E-state index contributed by atoms with van der Waals surface area (Å²) in [6, 6.07) is 12.5. The number of hydrogen-bond donors (Lipinski definition) is 2. The average molecular weight is 314 g/mol. The summed E-state index contributed by atoms with van der Waals surface area (Å²) >= 11 is 0. The average Bonchev–Trinajstić information content (AvgIpc) is 2.53. The van der Waals surface area contributed by atoms with Gasteiger partial charge >= 0.3 is 0 Å². The number of carbonyl (C=O) groups excluding carboxylic acids is 1. The van der Waals surface area contributed by atoms with Crippen molar-refractivity contribution in [2.45, 2.75) is 32.9 Å². The Hall–Kier alpha value is -2.40. The van der Waals surface area contributed by atoms with Crippen LogP contribution in [0.25, 0.3) is 0 Å². The minimum Gasteiger partial charge on any atom is -0.396 e. The van der Waals surface area contributed by atoms with E-state index in [1.165, 1.54) is 6.07 Å². The summed E-state index contributed by atoms with van der Waals surface area (Å²) < 4.78 is 0. The van der Waals surface area contributed by atoms with Crippen LogP contribution in [0.5, 0.6) is 0 Å². The number of aryl methyl sites for hydroxylation is 1. The molecule has 2 rings (SSSR count). The first-order chi connectivity index (χ1) is 11.0. The van der Waals surface area contributed by atoms with Crippen molar-refractivity contribution in [1.29, 1.82) is 0 Å². The van der Waals surface area contributed by atoms with E-state index in [0.717, 1.165) is 5.56 Å². The maximum Gasteiger partial charge on any atom is 0.256 e. The van der Waals surface area contributed by atoms with E-state index in [0.29, 0.717) is 24.2 Å². The Morgan fingerprint density at radius 2 is 1.91 bits per heavy atom. The highest BCUT2D eigenvalue weighted by molar-refractivity contribution is 5.95. The van der Waals surface area contributed by atoms with Gasteiger partial charge in [0.15, 0.2) is 0 Å². The Balaban J connectivity index is 2.32. The molecule has 0 saturated carbocycles. The fraction of sp³-hybridized carbons (Fsp3) is 0.333. The van der Waals surface area contributed by atoms with Crippen LogP contribution in [0.4, 0.5) is 0 Å². The molecule has 0 bridgehead atoms. The zero-order chi connectivity index (χ0) is 16.8. The largest absolute Gasteiger partial charge is 0.396 e. The molecule has 0 spiro atoms. The first kappa shape index (κ1) is 17.0. The summed E-state index contributed by atoms with van der Waals surface area (Å²) in [5.74, 6) is -0.149. The van der Waals surface area contributed by atoms with Crippen LogP contribution in [0.2, 0.25) is 0 Å². The SMILES string of the molecule is Cc1[nH]c(=O)ccc1C(=O)N(Cc1ccccc1)C(C)CCO. The number of carbonyl (C=O) groups is 1. The van der Waals surface area contributed by atoms with Crippen molar-refractivity contribution in [3.63, 3.8) is 0 Å². The van der Waals surface area contributed by atoms with Crippen molar-refractivity contribution >= 4 is 5.91 Å². The molecule has 1 atom stereocenters. The number of aliphatic hydroxyl groups excluding tert-OH is 1. The molecule has 23 heavy (non-hydrogen) atoms. The molecule has 1 aromatic carbocycles. The maximum absolute atomic E-state index is 12.9. The van der Waals surface area contributed by atoms with Crippen molar-refractivity contribution in [2.24, 2.45) is 0 Å². The van der Waals surface area contributed by atoms with Crippen LogP contribution >= 0.6 is 0 Å². The van der Waals surface area contributed by atoms with Gasteiger partial charge in [-0.05, 0) is 31.9 Å². The number of hydrogen-bond acceptors (Lipinski definition) is 3. The molecule has 2 aromatic rings. The Labute approximate surface area is 135 Å². The van der Waals surface area contributed by atoms with Crippen LogP contribution in [0.15, 0.2) is 47.3 Å². The predicted molar refractivity (Wildman–Crippen MR) is 89.3 cm³/mol. The summed E-state index contributed by atoms with van der Waals surface area (Å²) in [5, 5.41) is 9.21. The molecule has 0 aliphatic carbocycles. The highest BCUT2D eigenvalue weighted by atomic mass is 16.3. The molecule has 2 N–H and O–H groups in total. The summed E-state index contributed by atoms with van der Waals surface area (Å²) in [5.41, 5.74) is 1.83. The lowest BCUT2D eigenvalue weighted by molar-refractivity contribution is 0.0647. The van der Waals surface area contributed by atoms with Crippen LogP contribution in [-0.2, 0) is 6.54 Å². The van der Waals surface area contributed by atoms with Crippen LogP contribution in [0.3, 0.4) is 0 Å². The zero-order valence-corrected chi connectivity index (χ0v) is 13.5. The van der Waals surface area contributed by atoms with Crippen LogP contribution in [0, 0.1) is 6.92 Å². The van der Waals surface area contributed by atoms with Gasteiger partial charge in [0.1, 0.15) is 0 Å². The number of aromatic amines is 1. The Morgan fingerprint density at radius 3 is 2.52 bits per heavy atom. The van der Waals surface area contributed by atoms with Crippen LogP contribution in [0.1, 0.15) is 35.0 Å². The number of aliphatic hydroxyl groups is 1. The fourth-order valence-corrected chi connectivity index (χ4v) is 2.51. The number of benzene rings is 1. The number of aromatic nitrogens is 1. The van der Waals surface area contributed by atoms with E-state index in [2.05, 4.69) is 4.98 Å². The van der Waals surface area contributed by atoms with Gasteiger partial charge in [0.05, 0.1) is 5.56 Å². The topological polar surface area (TPSA) is 73.4 Å². The van der Waals surface area contributed by atoms with E-state index in [1.54, 1.807) is 17.9 Å². The minimum atomic E-state index is -0.225. The quantitative estimate of drug-likeness (QED) is 0.857. The van der Waals surface area contributed by atoms with Gasteiger partial charge in [-0.3, -0.25) is 9.59 Å². The summed E-state index contributed by atoms with van der Waals surface area (Å²) in [6.45, 7) is 4.11. The van der Waals surface area contributed by atoms with Crippen LogP contribution < -0.4 is 5.56 Å². The third-order valence-electron chi connectivity index (χ3n) is 3.88. The second kappa shape index (κ2) is 7.74. The number of nitrogens with zero attached hydrogens (tertiary/aromatic N) is 1. The van der Waals surface area contributed by atoms with Gasteiger partial charge < -0.3 is 15.0 Å². The van der Waals surface area contributed by atoms with Gasteiger partial charge in [-0.25, -0.2) is 0 Å². The molecule has 122 valence electrons. The number of amides is 1. The second-order valence-electron chi connectivity index (χ2n) is 5.64. The van der Waals surface area contributed by atoms with Crippen molar-refractivity contribution in [3.8, 4) is 0 Å². The normalized spacial score (nSPS) is 12.0. The van der Waals surface area contributed by atoms with Gasteiger partial charge in [0.2, 0.25) is 5.56 Å². The van der Waals surface area contributed by atoms with Gasteiger partial charge in [-0.2, -0.15) is 0 Å². The van der Waals surface area contributed by atoms with E-state index in [4.69, 9.17) is 0 Å². The lowest BCUT2D eigenvalue weighted by Crippen LogP contribution is -2.39. The minimum absolute atomic E-state index is 0.0182. The van der Waals surface area contributed by atoms with Crippen LogP contribution in [-0.4, -0.2) is 33.5 Å². The molecular weight excluding hydrogens is 292 g/mol. The Bertz CT molecular complexity index is 710.